The summed E-state index contributed by atoms with van der Waals surface area (Å²) < 4.78 is 18.1. The largest absolute Gasteiger partial charge is 0.494 e. The van der Waals surface area contributed by atoms with E-state index in [-0.39, 0.29) is 17.2 Å². The lowest BCUT2D eigenvalue weighted by Gasteiger charge is -2.23. The van der Waals surface area contributed by atoms with Crippen LogP contribution in [0.1, 0.15) is 27.7 Å². The molecule has 0 heterocycles. The van der Waals surface area contributed by atoms with Crippen molar-refractivity contribution in [1.29, 1.82) is 0 Å². The van der Waals surface area contributed by atoms with Crippen LogP contribution in [0.15, 0.2) is 18.2 Å². The molecule has 0 spiro atoms. The van der Waals surface area contributed by atoms with Crippen LogP contribution in [0.5, 0.6) is 5.75 Å². The second kappa shape index (κ2) is 7.11. The highest BCUT2D eigenvalue weighted by Gasteiger charge is 2.21. The molecular formula is C15H22FN3O3. The Kier molecular flexibility index (Phi) is 5.73. The molecular weight excluding hydrogens is 289 g/mol. The summed E-state index contributed by atoms with van der Waals surface area (Å²) >= 11 is 0. The van der Waals surface area contributed by atoms with Gasteiger partial charge in [-0.15, -0.1) is 0 Å². The van der Waals surface area contributed by atoms with Crippen LogP contribution in [0.3, 0.4) is 0 Å². The van der Waals surface area contributed by atoms with Gasteiger partial charge in [-0.25, -0.2) is 9.18 Å². The standard InChI is InChI=1S/C15H22FN3O3/c1-9(13(20)19-15(2,3)4)17-14(21)18-11-7-6-10(16)8-12(11)22-5/h6-9H,1-5H3,(H,19,20)(H2,17,18,21)/t9-/m1/s1. The highest BCUT2D eigenvalue weighted by atomic mass is 19.1. The second-order valence-corrected chi connectivity index (χ2v) is 5.90. The minimum absolute atomic E-state index is 0.196. The molecule has 1 rings (SSSR count). The third-order valence-electron chi connectivity index (χ3n) is 2.65. The number of benzene rings is 1. The number of urea groups is 1. The van der Waals surface area contributed by atoms with Crippen LogP contribution in [0.25, 0.3) is 0 Å². The van der Waals surface area contributed by atoms with Crippen molar-refractivity contribution >= 4 is 17.6 Å². The van der Waals surface area contributed by atoms with Crippen molar-refractivity contribution in [3.05, 3.63) is 24.0 Å². The van der Waals surface area contributed by atoms with E-state index >= 15 is 0 Å². The zero-order chi connectivity index (χ0) is 16.9. The van der Waals surface area contributed by atoms with Gasteiger partial charge in [0.05, 0.1) is 12.8 Å². The Morgan fingerprint density at radius 1 is 1.27 bits per heavy atom. The number of hydrogen-bond donors (Lipinski definition) is 3. The van der Waals surface area contributed by atoms with Crippen LogP contribution < -0.4 is 20.7 Å². The Labute approximate surface area is 129 Å². The Balaban J connectivity index is 2.65. The smallest absolute Gasteiger partial charge is 0.319 e. The van der Waals surface area contributed by atoms with Crippen LogP contribution in [0.4, 0.5) is 14.9 Å². The summed E-state index contributed by atoms with van der Waals surface area (Å²) in [5, 5.41) is 7.78. The number of nitrogens with one attached hydrogen (secondary N) is 3. The SMILES string of the molecule is COc1cc(F)ccc1NC(=O)N[C@H](C)C(=O)NC(C)(C)C. The molecule has 7 heteroatoms. The molecule has 0 saturated carbocycles. The molecule has 0 aliphatic heterocycles. The van der Waals surface area contributed by atoms with Crippen molar-refractivity contribution in [2.75, 3.05) is 12.4 Å². The summed E-state index contributed by atoms with van der Waals surface area (Å²) in [6.45, 7) is 7.12. The normalized spacial score (nSPS) is 12.3. The van der Waals surface area contributed by atoms with Crippen LogP contribution in [-0.2, 0) is 4.79 Å². The number of methoxy groups -OCH3 is 1. The van der Waals surface area contributed by atoms with Crippen LogP contribution >= 0.6 is 0 Å². The first-order chi connectivity index (χ1) is 10.1. The van der Waals surface area contributed by atoms with E-state index in [9.17, 15) is 14.0 Å². The highest BCUT2D eigenvalue weighted by molar-refractivity contribution is 5.94. The molecule has 1 atom stereocenters. The molecule has 0 saturated heterocycles. The third-order valence-corrected chi connectivity index (χ3v) is 2.65. The molecule has 22 heavy (non-hydrogen) atoms. The molecule has 1 aromatic carbocycles. The maximum atomic E-state index is 13.1. The van der Waals surface area contributed by atoms with Crippen molar-refractivity contribution in [1.82, 2.24) is 10.6 Å². The number of ether oxygens (including phenoxy) is 1. The van der Waals surface area contributed by atoms with Gasteiger partial charge in [0.15, 0.2) is 0 Å². The third kappa shape index (κ3) is 5.59. The predicted molar refractivity (Wildman–Crippen MR) is 82.5 cm³/mol. The monoisotopic (exact) mass is 311 g/mol. The molecule has 0 bridgehead atoms. The van der Waals surface area contributed by atoms with Gasteiger partial charge < -0.3 is 20.7 Å². The Bertz CT molecular complexity index is 555. The lowest BCUT2D eigenvalue weighted by atomic mass is 10.1. The van der Waals surface area contributed by atoms with E-state index in [1.807, 2.05) is 20.8 Å². The summed E-state index contributed by atoms with van der Waals surface area (Å²) in [4.78, 5) is 23.8. The number of carbonyl (C=O) groups is 2. The summed E-state index contributed by atoms with van der Waals surface area (Å²) in [5.41, 5.74) is -0.0752. The zero-order valence-electron chi connectivity index (χ0n) is 13.4. The molecule has 0 unspecified atom stereocenters. The molecule has 0 aliphatic carbocycles. The van der Waals surface area contributed by atoms with Crippen molar-refractivity contribution in [2.24, 2.45) is 0 Å². The summed E-state index contributed by atoms with van der Waals surface area (Å²) in [6.07, 6.45) is 0. The quantitative estimate of drug-likeness (QED) is 0.798. The molecule has 6 nitrogen and oxygen atoms in total. The van der Waals surface area contributed by atoms with E-state index in [0.717, 1.165) is 6.07 Å². The van der Waals surface area contributed by atoms with Gasteiger partial charge in [0.25, 0.3) is 0 Å². The van der Waals surface area contributed by atoms with Gasteiger partial charge in [0.2, 0.25) is 5.91 Å². The fourth-order valence-corrected chi connectivity index (χ4v) is 1.67. The van der Waals surface area contributed by atoms with Gasteiger partial charge >= 0.3 is 6.03 Å². The van der Waals surface area contributed by atoms with Crippen molar-refractivity contribution in [2.45, 2.75) is 39.3 Å². The van der Waals surface area contributed by atoms with E-state index in [0.29, 0.717) is 5.69 Å². The van der Waals surface area contributed by atoms with Crippen molar-refractivity contribution in [3.8, 4) is 5.75 Å². The average molecular weight is 311 g/mol. The Morgan fingerprint density at radius 3 is 2.45 bits per heavy atom. The van der Waals surface area contributed by atoms with Gasteiger partial charge in [0, 0.05) is 11.6 Å². The number of hydrogen-bond acceptors (Lipinski definition) is 3. The van der Waals surface area contributed by atoms with Crippen LogP contribution in [0, 0.1) is 5.82 Å². The van der Waals surface area contributed by atoms with Gasteiger partial charge in [0.1, 0.15) is 17.6 Å². The van der Waals surface area contributed by atoms with E-state index < -0.39 is 17.9 Å². The Hall–Kier alpha value is -2.31. The van der Waals surface area contributed by atoms with E-state index in [2.05, 4.69) is 16.0 Å². The lowest BCUT2D eigenvalue weighted by Crippen LogP contribution is -2.51. The number of carbonyl (C=O) groups excluding carboxylic acids is 2. The maximum absolute atomic E-state index is 13.1. The molecule has 3 amide bonds. The van der Waals surface area contributed by atoms with Gasteiger partial charge in [-0.1, -0.05) is 0 Å². The molecule has 122 valence electrons. The number of rotatable bonds is 4. The fourth-order valence-electron chi connectivity index (χ4n) is 1.67. The highest BCUT2D eigenvalue weighted by Crippen LogP contribution is 2.24. The summed E-state index contributed by atoms with van der Waals surface area (Å²) in [5.74, 6) is -0.573. The molecule has 0 fully saturated rings. The first kappa shape index (κ1) is 17.7. The van der Waals surface area contributed by atoms with E-state index in [4.69, 9.17) is 4.74 Å². The van der Waals surface area contributed by atoms with Crippen LogP contribution in [0.2, 0.25) is 0 Å². The van der Waals surface area contributed by atoms with Crippen molar-refractivity contribution < 1.29 is 18.7 Å². The topological polar surface area (TPSA) is 79.5 Å². The van der Waals surface area contributed by atoms with Gasteiger partial charge in [-0.05, 0) is 39.8 Å². The fraction of sp³-hybridized carbons (Fsp3) is 0.467. The average Bonchev–Trinajstić information content (AvgIpc) is 2.38. The number of halogens is 1. The number of anilines is 1. The zero-order valence-corrected chi connectivity index (χ0v) is 13.4. The van der Waals surface area contributed by atoms with E-state index in [1.54, 1.807) is 6.92 Å². The summed E-state index contributed by atoms with van der Waals surface area (Å²) in [6, 6.07) is 2.44. The minimum atomic E-state index is -0.717. The molecule has 1 aromatic rings. The van der Waals surface area contributed by atoms with Crippen LogP contribution in [-0.4, -0.2) is 30.6 Å². The maximum Gasteiger partial charge on any atom is 0.319 e. The molecule has 0 aromatic heterocycles. The van der Waals surface area contributed by atoms with Crippen molar-refractivity contribution in [3.63, 3.8) is 0 Å². The molecule has 0 radical (unpaired) electrons. The predicted octanol–water partition coefficient (Wildman–Crippen LogP) is 2.26. The van der Waals surface area contributed by atoms with Gasteiger partial charge in [-0.2, -0.15) is 0 Å². The van der Waals surface area contributed by atoms with Gasteiger partial charge in [-0.3, -0.25) is 4.79 Å². The second-order valence-electron chi connectivity index (χ2n) is 5.90. The first-order valence-corrected chi connectivity index (χ1v) is 6.85. The molecule has 0 aliphatic rings. The Morgan fingerprint density at radius 2 is 1.91 bits per heavy atom. The minimum Gasteiger partial charge on any atom is -0.494 e. The lowest BCUT2D eigenvalue weighted by molar-refractivity contribution is -0.123. The first-order valence-electron chi connectivity index (χ1n) is 6.85. The van der Waals surface area contributed by atoms with E-state index in [1.165, 1.54) is 19.2 Å². The number of amides is 3. The molecule has 3 N–H and O–H groups in total. The summed E-state index contributed by atoms with van der Waals surface area (Å²) in [7, 11) is 1.37.